The van der Waals surface area contributed by atoms with Gasteiger partial charge in [-0.2, -0.15) is 0 Å². The third-order valence-electron chi connectivity index (χ3n) is 2.50. The van der Waals surface area contributed by atoms with Gasteiger partial charge in [0.1, 0.15) is 12.4 Å². The topological polar surface area (TPSA) is 54.4 Å². The van der Waals surface area contributed by atoms with Crippen LogP contribution in [0.4, 0.5) is 0 Å². The highest BCUT2D eigenvalue weighted by Crippen LogP contribution is 2.18. The molecule has 0 aromatic carbocycles. The van der Waals surface area contributed by atoms with Crippen LogP contribution in [0.1, 0.15) is 39.1 Å². The number of pyridine rings is 1. The minimum absolute atomic E-state index is 0.259. The molecule has 19 heavy (non-hydrogen) atoms. The predicted octanol–water partition coefficient (Wildman–Crippen LogP) is 2.29. The monoisotopic (exact) mass is 266 g/mol. The van der Waals surface area contributed by atoms with Crippen LogP contribution < -0.4 is 10.1 Å². The summed E-state index contributed by atoms with van der Waals surface area (Å²) in [6.45, 7) is 11.6. The minimum Gasteiger partial charge on any atom is -0.489 e. The third kappa shape index (κ3) is 6.55. The molecule has 1 rings (SSSR count). The highest BCUT2D eigenvalue weighted by atomic mass is 16.5. The maximum atomic E-state index is 9.71. The Morgan fingerprint density at radius 1 is 1.37 bits per heavy atom. The number of ether oxygens (including phenoxy) is 1. The predicted molar refractivity (Wildman–Crippen MR) is 77.3 cm³/mol. The van der Waals surface area contributed by atoms with Crippen LogP contribution in [0.3, 0.4) is 0 Å². The first kappa shape index (κ1) is 15.9. The van der Waals surface area contributed by atoms with Gasteiger partial charge >= 0.3 is 0 Å². The Kier molecular flexibility index (Phi) is 5.76. The fourth-order valence-electron chi connectivity index (χ4n) is 1.59. The van der Waals surface area contributed by atoms with Crippen LogP contribution in [0, 0.1) is 12.8 Å². The molecule has 1 aromatic rings. The van der Waals surface area contributed by atoms with E-state index in [1.54, 1.807) is 13.8 Å². The van der Waals surface area contributed by atoms with Crippen molar-refractivity contribution in [1.29, 1.82) is 0 Å². The molecule has 0 unspecified atom stereocenters. The lowest BCUT2D eigenvalue weighted by molar-refractivity contribution is 0.0279. The van der Waals surface area contributed by atoms with Gasteiger partial charge in [0.2, 0.25) is 0 Å². The number of rotatable bonds is 7. The summed E-state index contributed by atoms with van der Waals surface area (Å²) in [6.07, 6.45) is 0. The van der Waals surface area contributed by atoms with Crippen LogP contribution in [-0.4, -0.2) is 28.8 Å². The minimum atomic E-state index is -0.840. The molecule has 0 radical (unpaired) electrons. The fourth-order valence-corrected chi connectivity index (χ4v) is 1.59. The molecule has 1 aromatic heterocycles. The summed E-state index contributed by atoms with van der Waals surface area (Å²) in [5, 5.41) is 13.1. The van der Waals surface area contributed by atoms with Crippen molar-refractivity contribution in [1.82, 2.24) is 10.3 Å². The lowest BCUT2D eigenvalue weighted by Gasteiger charge is -2.19. The van der Waals surface area contributed by atoms with Gasteiger partial charge in [-0.25, -0.2) is 0 Å². The molecule has 2 N–H and O–H groups in total. The number of aryl methyl sites for hydroxylation is 1. The average Bonchev–Trinajstić information content (AvgIpc) is 2.26. The molecule has 0 saturated heterocycles. The third-order valence-corrected chi connectivity index (χ3v) is 2.50. The van der Waals surface area contributed by atoms with Gasteiger partial charge in [0.15, 0.2) is 0 Å². The summed E-state index contributed by atoms with van der Waals surface area (Å²) in [5.41, 5.74) is 1.02. The Bertz CT molecular complexity index is 398. The van der Waals surface area contributed by atoms with Crippen molar-refractivity contribution in [2.75, 3.05) is 13.2 Å². The van der Waals surface area contributed by atoms with Crippen molar-refractivity contribution < 1.29 is 9.84 Å². The lowest BCUT2D eigenvalue weighted by atomic mass is 10.1. The summed E-state index contributed by atoms with van der Waals surface area (Å²) in [7, 11) is 0. The van der Waals surface area contributed by atoms with Crippen LogP contribution in [0.15, 0.2) is 12.1 Å². The van der Waals surface area contributed by atoms with Crippen LogP contribution in [0.5, 0.6) is 5.75 Å². The van der Waals surface area contributed by atoms with E-state index in [0.717, 1.165) is 23.7 Å². The summed E-state index contributed by atoms with van der Waals surface area (Å²) >= 11 is 0. The number of nitrogens with one attached hydrogen (secondary N) is 1. The van der Waals surface area contributed by atoms with Gasteiger partial charge in [0, 0.05) is 12.2 Å². The first-order valence-electron chi connectivity index (χ1n) is 6.80. The number of aromatic nitrogens is 1. The van der Waals surface area contributed by atoms with E-state index in [1.165, 1.54) is 0 Å². The molecule has 0 aliphatic heterocycles. The van der Waals surface area contributed by atoms with Gasteiger partial charge in [-0.3, -0.25) is 4.98 Å². The van der Waals surface area contributed by atoms with Crippen LogP contribution >= 0.6 is 0 Å². The number of aliphatic hydroxyl groups is 1. The van der Waals surface area contributed by atoms with E-state index in [1.807, 2.05) is 19.1 Å². The van der Waals surface area contributed by atoms with Crippen LogP contribution in [0.25, 0.3) is 0 Å². The molecule has 0 spiro atoms. The molecule has 0 fully saturated rings. The van der Waals surface area contributed by atoms with Crippen molar-refractivity contribution in [3.63, 3.8) is 0 Å². The molecule has 4 heteroatoms. The molecule has 0 atom stereocenters. The molecular formula is C15H26N2O2. The largest absolute Gasteiger partial charge is 0.489 e. The Hall–Kier alpha value is -1.13. The molecular weight excluding hydrogens is 240 g/mol. The van der Waals surface area contributed by atoms with Crippen molar-refractivity contribution >= 4 is 0 Å². The Morgan fingerprint density at radius 3 is 2.63 bits per heavy atom. The van der Waals surface area contributed by atoms with Crippen molar-refractivity contribution in [3.05, 3.63) is 23.5 Å². The highest BCUT2D eigenvalue weighted by molar-refractivity contribution is 5.29. The second-order valence-corrected chi connectivity index (χ2v) is 6.02. The maximum Gasteiger partial charge on any atom is 0.142 e. The SMILES string of the molecule is Cc1ccc(OCC(C)(C)O)c(CNCC(C)C)n1. The van der Waals surface area contributed by atoms with Crippen molar-refractivity contribution in [3.8, 4) is 5.75 Å². The van der Waals surface area contributed by atoms with E-state index in [0.29, 0.717) is 12.5 Å². The first-order chi connectivity index (χ1) is 8.78. The zero-order valence-corrected chi connectivity index (χ0v) is 12.7. The standard InChI is InChI=1S/C15H26N2O2/c1-11(2)8-16-9-13-14(7-6-12(3)17-13)19-10-15(4,5)18/h6-7,11,16,18H,8-10H2,1-5H3. The molecule has 0 amide bonds. The Balaban J connectivity index is 2.68. The van der Waals surface area contributed by atoms with E-state index in [9.17, 15) is 5.11 Å². The molecule has 0 aliphatic rings. The quantitative estimate of drug-likeness (QED) is 0.795. The van der Waals surface area contributed by atoms with Crippen molar-refractivity contribution in [2.45, 2.75) is 46.8 Å². The summed E-state index contributed by atoms with van der Waals surface area (Å²) in [5.74, 6) is 1.34. The van der Waals surface area contributed by atoms with Gasteiger partial charge in [-0.1, -0.05) is 13.8 Å². The highest BCUT2D eigenvalue weighted by Gasteiger charge is 2.15. The van der Waals surface area contributed by atoms with Gasteiger partial charge < -0.3 is 15.2 Å². The van der Waals surface area contributed by atoms with E-state index in [4.69, 9.17) is 4.74 Å². The number of nitrogens with zero attached hydrogens (tertiary/aromatic N) is 1. The van der Waals surface area contributed by atoms with Gasteiger partial charge in [-0.15, -0.1) is 0 Å². The smallest absolute Gasteiger partial charge is 0.142 e. The molecule has 1 heterocycles. The second kappa shape index (κ2) is 6.87. The normalized spacial score (nSPS) is 11.9. The molecule has 4 nitrogen and oxygen atoms in total. The average molecular weight is 266 g/mol. The van der Waals surface area contributed by atoms with Crippen LogP contribution in [0.2, 0.25) is 0 Å². The molecule has 0 saturated carbocycles. The van der Waals surface area contributed by atoms with E-state index in [2.05, 4.69) is 24.1 Å². The molecule has 0 aliphatic carbocycles. The summed E-state index contributed by atoms with van der Waals surface area (Å²) < 4.78 is 5.66. The summed E-state index contributed by atoms with van der Waals surface area (Å²) in [6, 6.07) is 3.84. The van der Waals surface area contributed by atoms with Gasteiger partial charge in [0.05, 0.1) is 11.3 Å². The number of hydrogen-bond donors (Lipinski definition) is 2. The zero-order valence-electron chi connectivity index (χ0n) is 12.7. The lowest BCUT2D eigenvalue weighted by Crippen LogP contribution is -2.28. The molecule has 108 valence electrons. The Morgan fingerprint density at radius 2 is 2.05 bits per heavy atom. The van der Waals surface area contributed by atoms with E-state index >= 15 is 0 Å². The second-order valence-electron chi connectivity index (χ2n) is 6.02. The van der Waals surface area contributed by atoms with Crippen LogP contribution in [-0.2, 0) is 6.54 Å². The van der Waals surface area contributed by atoms with E-state index < -0.39 is 5.60 Å². The van der Waals surface area contributed by atoms with E-state index in [-0.39, 0.29) is 6.61 Å². The number of hydrogen-bond acceptors (Lipinski definition) is 4. The van der Waals surface area contributed by atoms with Crippen molar-refractivity contribution in [2.24, 2.45) is 5.92 Å². The fraction of sp³-hybridized carbons (Fsp3) is 0.667. The Labute approximate surface area is 116 Å². The molecule has 0 bridgehead atoms. The zero-order chi connectivity index (χ0) is 14.5. The van der Waals surface area contributed by atoms with Gasteiger partial charge in [0.25, 0.3) is 0 Å². The van der Waals surface area contributed by atoms with Gasteiger partial charge in [-0.05, 0) is 45.4 Å². The summed E-state index contributed by atoms with van der Waals surface area (Å²) in [4.78, 5) is 4.50. The maximum absolute atomic E-state index is 9.71. The first-order valence-corrected chi connectivity index (χ1v) is 6.80.